The van der Waals surface area contributed by atoms with E-state index < -0.39 is 0 Å². The third kappa shape index (κ3) is 3.49. The maximum atomic E-state index is 12.3. The molecule has 6 heteroatoms. The number of nitrogens with two attached hydrogens (primary N) is 1. The van der Waals surface area contributed by atoms with Crippen molar-refractivity contribution in [2.75, 3.05) is 12.5 Å². The van der Waals surface area contributed by atoms with Crippen molar-refractivity contribution in [3.05, 3.63) is 53.9 Å². The van der Waals surface area contributed by atoms with E-state index in [4.69, 9.17) is 10.6 Å². The highest BCUT2D eigenvalue weighted by Gasteiger charge is 2.14. The molecule has 0 fully saturated rings. The molecule has 0 aliphatic rings. The van der Waals surface area contributed by atoms with Gasteiger partial charge in [0, 0.05) is 12.4 Å². The molecule has 1 unspecified atom stereocenters. The Morgan fingerprint density at radius 2 is 2.00 bits per heavy atom. The SMILES string of the molecule is COc1ccc(C(C)NC(=O)c2cnccc2NN)cc1. The van der Waals surface area contributed by atoms with E-state index in [-0.39, 0.29) is 11.9 Å². The van der Waals surface area contributed by atoms with E-state index in [9.17, 15) is 4.79 Å². The summed E-state index contributed by atoms with van der Waals surface area (Å²) in [6.45, 7) is 1.91. The van der Waals surface area contributed by atoms with Gasteiger partial charge in [0.2, 0.25) is 0 Å². The maximum absolute atomic E-state index is 12.3. The zero-order valence-electron chi connectivity index (χ0n) is 12.0. The van der Waals surface area contributed by atoms with Crippen LogP contribution < -0.4 is 21.3 Å². The van der Waals surface area contributed by atoms with Crippen molar-refractivity contribution in [1.82, 2.24) is 10.3 Å². The second-order valence-corrected chi connectivity index (χ2v) is 4.53. The molecule has 2 rings (SSSR count). The number of hydrogen-bond donors (Lipinski definition) is 3. The van der Waals surface area contributed by atoms with Gasteiger partial charge in [0.15, 0.2) is 0 Å². The summed E-state index contributed by atoms with van der Waals surface area (Å²) in [7, 11) is 1.62. The molecule has 0 saturated carbocycles. The molecule has 0 bridgehead atoms. The quantitative estimate of drug-likeness (QED) is 0.576. The van der Waals surface area contributed by atoms with Crippen LogP contribution in [-0.2, 0) is 0 Å². The molecule has 1 atom stereocenters. The molecule has 1 aromatic carbocycles. The van der Waals surface area contributed by atoms with Crippen LogP contribution in [0, 0.1) is 0 Å². The Morgan fingerprint density at radius 3 is 2.62 bits per heavy atom. The van der Waals surface area contributed by atoms with Crippen LogP contribution in [-0.4, -0.2) is 18.0 Å². The number of nitrogen functional groups attached to an aromatic ring is 1. The summed E-state index contributed by atoms with van der Waals surface area (Å²) in [6.07, 6.45) is 3.05. The predicted octanol–water partition coefficient (Wildman–Crippen LogP) is 1.87. The summed E-state index contributed by atoms with van der Waals surface area (Å²) in [5.41, 5.74) is 4.40. The highest BCUT2D eigenvalue weighted by Crippen LogP contribution is 2.19. The lowest BCUT2D eigenvalue weighted by Gasteiger charge is -2.16. The van der Waals surface area contributed by atoms with E-state index in [0.717, 1.165) is 11.3 Å². The fourth-order valence-electron chi connectivity index (χ4n) is 1.95. The maximum Gasteiger partial charge on any atom is 0.255 e. The second kappa shape index (κ2) is 6.71. The number of carbonyl (C=O) groups excluding carboxylic acids is 1. The lowest BCUT2D eigenvalue weighted by atomic mass is 10.1. The van der Waals surface area contributed by atoms with Crippen LogP contribution >= 0.6 is 0 Å². The molecule has 1 aromatic heterocycles. The van der Waals surface area contributed by atoms with Crippen LogP contribution in [0.4, 0.5) is 5.69 Å². The molecule has 0 aliphatic carbocycles. The Balaban J connectivity index is 2.11. The molecule has 110 valence electrons. The molecule has 0 saturated heterocycles. The van der Waals surface area contributed by atoms with Crippen LogP contribution in [0.15, 0.2) is 42.7 Å². The van der Waals surface area contributed by atoms with Crippen molar-refractivity contribution in [3.63, 3.8) is 0 Å². The molecule has 1 amide bonds. The molecule has 21 heavy (non-hydrogen) atoms. The van der Waals surface area contributed by atoms with Crippen LogP contribution in [0.2, 0.25) is 0 Å². The Morgan fingerprint density at radius 1 is 1.29 bits per heavy atom. The number of aromatic nitrogens is 1. The van der Waals surface area contributed by atoms with E-state index in [1.54, 1.807) is 19.4 Å². The van der Waals surface area contributed by atoms with Crippen LogP contribution in [0.5, 0.6) is 5.75 Å². The lowest BCUT2D eigenvalue weighted by molar-refractivity contribution is 0.0940. The normalized spacial score (nSPS) is 11.6. The number of nitrogens with zero attached hydrogens (tertiary/aromatic N) is 1. The molecule has 0 aliphatic heterocycles. The van der Waals surface area contributed by atoms with Gasteiger partial charge in [-0.3, -0.25) is 15.6 Å². The number of nitrogens with one attached hydrogen (secondary N) is 2. The van der Waals surface area contributed by atoms with Crippen LogP contribution in [0.25, 0.3) is 0 Å². The second-order valence-electron chi connectivity index (χ2n) is 4.53. The van der Waals surface area contributed by atoms with Crippen LogP contribution in [0.1, 0.15) is 28.9 Å². The fraction of sp³-hybridized carbons (Fsp3) is 0.200. The summed E-state index contributed by atoms with van der Waals surface area (Å²) < 4.78 is 5.11. The van der Waals surface area contributed by atoms with Gasteiger partial charge in [-0.1, -0.05) is 12.1 Å². The van der Waals surface area contributed by atoms with Gasteiger partial charge < -0.3 is 15.5 Å². The molecule has 0 spiro atoms. The van der Waals surface area contributed by atoms with Gasteiger partial charge in [0.05, 0.1) is 24.4 Å². The summed E-state index contributed by atoms with van der Waals surface area (Å²) in [6, 6.07) is 9.04. The molecule has 2 aromatic rings. The average molecular weight is 286 g/mol. The van der Waals surface area contributed by atoms with Gasteiger partial charge in [-0.05, 0) is 30.7 Å². The number of rotatable bonds is 5. The minimum Gasteiger partial charge on any atom is -0.497 e. The largest absolute Gasteiger partial charge is 0.497 e. The molecular formula is C15H18N4O2. The number of amides is 1. The van der Waals surface area contributed by atoms with Crippen molar-refractivity contribution < 1.29 is 9.53 Å². The number of hydrogen-bond acceptors (Lipinski definition) is 5. The molecular weight excluding hydrogens is 268 g/mol. The van der Waals surface area contributed by atoms with E-state index in [1.807, 2.05) is 31.2 Å². The topological polar surface area (TPSA) is 89.3 Å². The van der Waals surface area contributed by atoms with Gasteiger partial charge in [-0.15, -0.1) is 0 Å². The van der Waals surface area contributed by atoms with Crippen molar-refractivity contribution in [2.45, 2.75) is 13.0 Å². The first-order valence-corrected chi connectivity index (χ1v) is 6.51. The molecule has 6 nitrogen and oxygen atoms in total. The third-order valence-electron chi connectivity index (χ3n) is 3.18. The Hall–Kier alpha value is -2.60. The van der Waals surface area contributed by atoms with Crippen molar-refractivity contribution in [2.24, 2.45) is 5.84 Å². The van der Waals surface area contributed by atoms with Crippen molar-refractivity contribution in [3.8, 4) is 5.75 Å². The molecule has 4 N–H and O–H groups in total. The highest BCUT2D eigenvalue weighted by molar-refractivity contribution is 5.99. The molecule has 1 heterocycles. The first-order valence-electron chi connectivity index (χ1n) is 6.51. The van der Waals surface area contributed by atoms with Crippen molar-refractivity contribution in [1.29, 1.82) is 0 Å². The first-order chi connectivity index (χ1) is 10.2. The van der Waals surface area contributed by atoms with Gasteiger partial charge in [-0.25, -0.2) is 0 Å². The minimum absolute atomic E-state index is 0.144. The zero-order valence-corrected chi connectivity index (χ0v) is 12.0. The smallest absolute Gasteiger partial charge is 0.255 e. The van der Waals surface area contributed by atoms with Crippen LogP contribution in [0.3, 0.4) is 0 Å². The predicted molar refractivity (Wildman–Crippen MR) is 80.9 cm³/mol. The highest BCUT2D eigenvalue weighted by atomic mass is 16.5. The van der Waals surface area contributed by atoms with E-state index in [1.165, 1.54) is 6.20 Å². The van der Waals surface area contributed by atoms with E-state index in [0.29, 0.717) is 11.3 Å². The number of carbonyl (C=O) groups is 1. The van der Waals surface area contributed by atoms with E-state index >= 15 is 0 Å². The Labute approximate surface area is 123 Å². The Bertz CT molecular complexity index is 613. The number of anilines is 1. The van der Waals surface area contributed by atoms with E-state index in [2.05, 4.69) is 15.7 Å². The first kappa shape index (κ1) is 14.8. The number of methoxy groups -OCH3 is 1. The summed E-state index contributed by atoms with van der Waals surface area (Å²) in [5, 5.41) is 2.91. The number of benzene rings is 1. The van der Waals surface area contributed by atoms with Gasteiger partial charge in [0.25, 0.3) is 5.91 Å². The standard InChI is InChI=1S/C15H18N4O2/c1-10(11-3-5-12(21-2)6-4-11)18-15(20)13-9-17-8-7-14(13)19-16/h3-10H,16H2,1-2H3,(H,17,19)(H,18,20). The van der Waals surface area contributed by atoms with Gasteiger partial charge in [0.1, 0.15) is 5.75 Å². The third-order valence-corrected chi connectivity index (χ3v) is 3.18. The monoisotopic (exact) mass is 286 g/mol. The van der Waals surface area contributed by atoms with Gasteiger partial charge in [-0.2, -0.15) is 0 Å². The average Bonchev–Trinajstić information content (AvgIpc) is 2.54. The Kier molecular flexibility index (Phi) is 4.73. The number of hydrazine groups is 1. The lowest BCUT2D eigenvalue weighted by Crippen LogP contribution is -2.28. The van der Waals surface area contributed by atoms with Crippen molar-refractivity contribution >= 4 is 11.6 Å². The number of pyridine rings is 1. The van der Waals surface area contributed by atoms with Gasteiger partial charge >= 0.3 is 0 Å². The zero-order chi connectivity index (χ0) is 15.2. The fourth-order valence-corrected chi connectivity index (χ4v) is 1.95. The summed E-state index contributed by atoms with van der Waals surface area (Å²) in [5.74, 6) is 5.93. The molecule has 0 radical (unpaired) electrons. The minimum atomic E-state index is -0.237. The summed E-state index contributed by atoms with van der Waals surface area (Å²) in [4.78, 5) is 16.2. The summed E-state index contributed by atoms with van der Waals surface area (Å²) >= 11 is 0. The number of ether oxygens (including phenoxy) is 1.